The molecule has 25 heavy (non-hydrogen) atoms. The Hall–Kier alpha value is -2.14. The number of esters is 2. The maximum absolute atomic E-state index is 12.6. The zero-order valence-corrected chi connectivity index (χ0v) is 14.9. The molecule has 5 heteroatoms. The fourth-order valence-electron chi connectivity index (χ4n) is 3.42. The minimum Gasteiger partial charge on any atom is -0.465 e. The lowest BCUT2D eigenvalue weighted by atomic mass is 9.65. The maximum Gasteiger partial charge on any atom is 0.323 e. The Bertz CT molecular complexity index is 604. The standard InChI is InChI=1S/C20H26O5/c1-4-24-18(22)20(19(23)25-5-2)12-11-17(21)16(13-20)14(3)15-9-7-6-8-10-15/h6-10,16-17,21H,3-5,11-13H2,1-2H3/t16-,17+/m1/s1. The lowest BCUT2D eigenvalue weighted by molar-refractivity contribution is -0.177. The van der Waals surface area contributed by atoms with Crippen LogP contribution in [0, 0.1) is 11.3 Å². The molecule has 136 valence electrons. The number of hydrogen-bond donors (Lipinski definition) is 1. The highest BCUT2D eigenvalue weighted by molar-refractivity contribution is 6.00. The van der Waals surface area contributed by atoms with Crippen LogP contribution in [0.3, 0.4) is 0 Å². The molecule has 1 aliphatic carbocycles. The first-order valence-corrected chi connectivity index (χ1v) is 8.73. The van der Waals surface area contributed by atoms with Gasteiger partial charge in [-0.2, -0.15) is 0 Å². The maximum atomic E-state index is 12.6. The largest absolute Gasteiger partial charge is 0.465 e. The van der Waals surface area contributed by atoms with Crippen molar-refractivity contribution in [3.63, 3.8) is 0 Å². The van der Waals surface area contributed by atoms with Gasteiger partial charge in [-0.1, -0.05) is 36.9 Å². The Balaban J connectivity index is 2.34. The predicted octanol–water partition coefficient (Wildman–Crippen LogP) is 2.97. The number of ether oxygens (including phenoxy) is 2. The second kappa shape index (κ2) is 8.30. The summed E-state index contributed by atoms with van der Waals surface area (Å²) in [5.74, 6) is -1.57. The third kappa shape index (κ3) is 3.93. The number of rotatable bonds is 6. The molecule has 0 heterocycles. The smallest absolute Gasteiger partial charge is 0.323 e. The highest BCUT2D eigenvalue weighted by atomic mass is 16.6. The third-order valence-electron chi connectivity index (χ3n) is 4.82. The predicted molar refractivity (Wildman–Crippen MR) is 94.5 cm³/mol. The van der Waals surface area contributed by atoms with E-state index in [1.807, 2.05) is 30.3 Å². The Morgan fingerprint density at radius 2 is 1.72 bits per heavy atom. The summed E-state index contributed by atoms with van der Waals surface area (Å²) in [6.45, 7) is 7.89. The van der Waals surface area contributed by atoms with Crippen molar-refractivity contribution >= 4 is 17.5 Å². The highest BCUT2D eigenvalue weighted by Crippen LogP contribution is 2.46. The van der Waals surface area contributed by atoms with Gasteiger partial charge in [0.25, 0.3) is 0 Å². The average Bonchev–Trinajstić information content (AvgIpc) is 2.63. The molecule has 1 aliphatic rings. The molecule has 2 rings (SSSR count). The lowest BCUT2D eigenvalue weighted by Crippen LogP contribution is -2.49. The molecule has 1 fully saturated rings. The number of benzene rings is 1. The van der Waals surface area contributed by atoms with E-state index in [-0.39, 0.29) is 26.1 Å². The van der Waals surface area contributed by atoms with E-state index >= 15 is 0 Å². The minimum atomic E-state index is -1.38. The summed E-state index contributed by atoms with van der Waals surface area (Å²) < 4.78 is 10.3. The van der Waals surface area contributed by atoms with Gasteiger partial charge in [0.1, 0.15) is 0 Å². The zero-order valence-electron chi connectivity index (χ0n) is 14.9. The van der Waals surface area contributed by atoms with Crippen molar-refractivity contribution in [2.45, 2.75) is 39.2 Å². The SMILES string of the molecule is C=C(c1ccccc1)[C@H]1CC(C(=O)OCC)(C(=O)OCC)CC[C@@H]1O. The van der Waals surface area contributed by atoms with Gasteiger partial charge in [-0.15, -0.1) is 0 Å². The van der Waals surface area contributed by atoms with Crippen molar-refractivity contribution < 1.29 is 24.2 Å². The normalized spacial score (nSPS) is 22.0. The molecule has 1 aromatic carbocycles. The summed E-state index contributed by atoms with van der Waals surface area (Å²) in [6.07, 6.45) is 0.00246. The first-order chi connectivity index (χ1) is 12.0. The van der Waals surface area contributed by atoms with Gasteiger partial charge in [-0.05, 0) is 44.2 Å². The molecule has 0 amide bonds. The third-order valence-corrected chi connectivity index (χ3v) is 4.82. The molecule has 0 spiro atoms. The molecule has 1 saturated carbocycles. The molecule has 1 aromatic rings. The number of hydrogen-bond acceptors (Lipinski definition) is 5. The van der Waals surface area contributed by atoms with Crippen molar-refractivity contribution in [1.29, 1.82) is 0 Å². The van der Waals surface area contributed by atoms with Crippen molar-refractivity contribution in [2.75, 3.05) is 13.2 Å². The van der Waals surface area contributed by atoms with Crippen LogP contribution in [0.5, 0.6) is 0 Å². The molecule has 5 nitrogen and oxygen atoms in total. The van der Waals surface area contributed by atoms with Crippen LogP contribution in [0.15, 0.2) is 36.9 Å². The van der Waals surface area contributed by atoms with Gasteiger partial charge < -0.3 is 14.6 Å². The molecular weight excluding hydrogens is 320 g/mol. The van der Waals surface area contributed by atoms with Crippen molar-refractivity contribution in [2.24, 2.45) is 11.3 Å². The summed E-state index contributed by atoms with van der Waals surface area (Å²) in [5.41, 5.74) is 0.217. The van der Waals surface area contributed by atoms with Crippen molar-refractivity contribution in [3.8, 4) is 0 Å². The minimum absolute atomic E-state index is 0.138. The van der Waals surface area contributed by atoms with Crippen LogP contribution >= 0.6 is 0 Å². The second-order valence-corrected chi connectivity index (χ2v) is 6.33. The first-order valence-electron chi connectivity index (χ1n) is 8.73. The Kier molecular flexibility index (Phi) is 6.37. The number of carbonyl (C=O) groups is 2. The molecule has 0 aliphatic heterocycles. The van der Waals surface area contributed by atoms with Gasteiger partial charge in [0, 0.05) is 5.92 Å². The van der Waals surface area contributed by atoms with Crippen LogP contribution in [-0.4, -0.2) is 36.4 Å². The topological polar surface area (TPSA) is 72.8 Å². The average molecular weight is 346 g/mol. The molecule has 0 aromatic heterocycles. The monoisotopic (exact) mass is 346 g/mol. The van der Waals surface area contributed by atoms with Crippen molar-refractivity contribution in [3.05, 3.63) is 42.5 Å². The van der Waals surface area contributed by atoms with Crippen LogP contribution < -0.4 is 0 Å². The lowest BCUT2D eigenvalue weighted by Gasteiger charge is -2.40. The van der Waals surface area contributed by atoms with Gasteiger partial charge in [0.15, 0.2) is 5.41 Å². The Morgan fingerprint density at radius 3 is 2.24 bits per heavy atom. The fraction of sp³-hybridized carbons (Fsp3) is 0.500. The molecule has 1 N–H and O–H groups in total. The summed E-state index contributed by atoms with van der Waals surface area (Å²) in [4.78, 5) is 25.2. The van der Waals surface area contributed by atoms with Crippen molar-refractivity contribution in [1.82, 2.24) is 0 Å². The Labute approximate surface area is 148 Å². The van der Waals surface area contributed by atoms with E-state index in [0.29, 0.717) is 12.0 Å². The molecule has 0 radical (unpaired) electrons. The second-order valence-electron chi connectivity index (χ2n) is 6.33. The molecule has 0 unspecified atom stereocenters. The van der Waals surface area contributed by atoms with E-state index < -0.39 is 29.4 Å². The molecule has 0 bridgehead atoms. The van der Waals surface area contributed by atoms with E-state index in [1.165, 1.54) is 0 Å². The number of aliphatic hydroxyl groups is 1. The molecular formula is C20H26O5. The summed E-state index contributed by atoms with van der Waals surface area (Å²) >= 11 is 0. The van der Waals surface area contributed by atoms with Gasteiger partial charge in [-0.25, -0.2) is 0 Å². The fourth-order valence-corrected chi connectivity index (χ4v) is 3.42. The summed E-state index contributed by atoms with van der Waals surface area (Å²) in [7, 11) is 0. The van der Waals surface area contributed by atoms with Crippen LogP contribution in [0.1, 0.15) is 38.7 Å². The van der Waals surface area contributed by atoms with Crippen LogP contribution in [-0.2, 0) is 19.1 Å². The van der Waals surface area contributed by atoms with Crippen LogP contribution in [0.2, 0.25) is 0 Å². The van der Waals surface area contributed by atoms with E-state index in [0.717, 1.165) is 5.56 Å². The number of aliphatic hydroxyl groups excluding tert-OH is 1. The molecule has 0 saturated heterocycles. The van der Waals surface area contributed by atoms with Gasteiger partial charge >= 0.3 is 11.9 Å². The molecule has 2 atom stereocenters. The van der Waals surface area contributed by atoms with Gasteiger partial charge in [0.2, 0.25) is 0 Å². The van der Waals surface area contributed by atoms with Gasteiger partial charge in [-0.3, -0.25) is 9.59 Å². The summed E-state index contributed by atoms with van der Waals surface area (Å²) in [6, 6.07) is 9.48. The first kappa shape index (κ1) is 19.2. The van der Waals surface area contributed by atoms with Gasteiger partial charge in [0.05, 0.1) is 19.3 Å². The van der Waals surface area contributed by atoms with Crippen LogP contribution in [0.25, 0.3) is 5.57 Å². The number of carbonyl (C=O) groups excluding carboxylic acids is 2. The van der Waals surface area contributed by atoms with E-state index in [4.69, 9.17) is 9.47 Å². The summed E-state index contributed by atoms with van der Waals surface area (Å²) in [5, 5.41) is 10.5. The van der Waals surface area contributed by atoms with E-state index in [1.54, 1.807) is 13.8 Å². The van der Waals surface area contributed by atoms with Crippen LogP contribution in [0.4, 0.5) is 0 Å². The highest BCUT2D eigenvalue weighted by Gasteiger charge is 2.54. The quantitative estimate of drug-likeness (QED) is 0.633. The van der Waals surface area contributed by atoms with E-state index in [9.17, 15) is 14.7 Å². The van der Waals surface area contributed by atoms with E-state index in [2.05, 4.69) is 6.58 Å². The zero-order chi connectivity index (χ0) is 18.4. The Morgan fingerprint density at radius 1 is 1.16 bits per heavy atom.